The zero-order chi connectivity index (χ0) is 16.7. The van der Waals surface area contributed by atoms with Crippen LogP contribution in [0.2, 0.25) is 0 Å². The highest BCUT2D eigenvalue weighted by Gasteiger charge is 2.20. The minimum Gasteiger partial charge on any atom is -0.325 e. The number of hydrogen-bond acceptors (Lipinski definition) is 7. The number of rotatable bonds is 3. The van der Waals surface area contributed by atoms with Gasteiger partial charge in [0.05, 0.1) is 5.39 Å². The number of carbonyl (C=O) groups excluding carboxylic acids is 1. The second-order valence-electron chi connectivity index (χ2n) is 5.58. The van der Waals surface area contributed by atoms with Gasteiger partial charge >= 0.3 is 0 Å². The second-order valence-corrected chi connectivity index (χ2v) is 7.61. The quantitative estimate of drug-likeness (QED) is 0.704. The highest BCUT2D eigenvalue weighted by atomic mass is 35.5. The summed E-state index contributed by atoms with van der Waals surface area (Å²) in [7, 11) is 0. The van der Waals surface area contributed by atoms with Gasteiger partial charge in [0.1, 0.15) is 21.9 Å². The van der Waals surface area contributed by atoms with Crippen LogP contribution in [0.1, 0.15) is 38.8 Å². The lowest BCUT2D eigenvalue weighted by molar-refractivity contribution is 0.100. The standard InChI is InChI=1S/C15H15N5O2S2.ClH/c16-5-11-18-9(6-23-11)13(21)19-20-7-17-14-12(15(20)22)8-3-1-2-4-10(8)24-14;/h6-7H,1-5,16H2,(H,19,21);1H. The van der Waals surface area contributed by atoms with Crippen molar-refractivity contribution in [2.24, 2.45) is 5.73 Å². The third-order valence-electron chi connectivity index (χ3n) is 4.06. The van der Waals surface area contributed by atoms with Crippen LogP contribution in [-0.4, -0.2) is 20.6 Å². The molecule has 1 aliphatic carbocycles. The molecule has 0 saturated carbocycles. The molecule has 3 aromatic heterocycles. The number of halogens is 1. The van der Waals surface area contributed by atoms with Crippen molar-refractivity contribution in [2.45, 2.75) is 32.2 Å². The van der Waals surface area contributed by atoms with E-state index in [1.807, 2.05) is 0 Å². The molecule has 0 aliphatic heterocycles. The number of amides is 1. The molecule has 4 rings (SSSR count). The van der Waals surface area contributed by atoms with Gasteiger partial charge in [-0.05, 0) is 31.2 Å². The Labute approximate surface area is 157 Å². The van der Waals surface area contributed by atoms with Crippen molar-refractivity contribution in [2.75, 3.05) is 5.43 Å². The van der Waals surface area contributed by atoms with Gasteiger partial charge in [-0.1, -0.05) is 0 Å². The molecule has 0 fully saturated rings. The number of nitrogens with one attached hydrogen (secondary N) is 1. The number of fused-ring (bicyclic) bond motifs is 3. The van der Waals surface area contributed by atoms with E-state index in [0.29, 0.717) is 10.4 Å². The number of nitrogens with two attached hydrogens (primary N) is 1. The van der Waals surface area contributed by atoms with Gasteiger partial charge in [-0.15, -0.1) is 35.1 Å². The molecule has 1 aliphatic rings. The summed E-state index contributed by atoms with van der Waals surface area (Å²) >= 11 is 2.90. The Hall–Kier alpha value is -1.81. The van der Waals surface area contributed by atoms with Crippen LogP contribution in [0.15, 0.2) is 16.5 Å². The van der Waals surface area contributed by atoms with Gasteiger partial charge in [0.15, 0.2) is 0 Å². The Balaban J connectivity index is 0.00000182. The Morgan fingerprint density at radius 1 is 1.36 bits per heavy atom. The first-order valence-electron chi connectivity index (χ1n) is 7.65. The molecule has 0 bridgehead atoms. The molecule has 10 heteroatoms. The number of hydrogen-bond donors (Lipinski definition) is 2. The summed E-state index contributed by atoms with van der Waals surface area (Å²) in [6.07, 6.45) is 5.50. The maximum Gasteiger partial charge on any atom is 0.289 e. The molecular weight excluding hydrogens is 382 g/mol. The number of aryl methyl sites for hydroxylation is 2. The number of thiazole rings is 1. The van der Waals surface area contributed by atoms with E-state index in [1.165, 1.54) is 22.5 Å². The Bertz CT molecular complexity index is 994. The Morgan fingerprint density at radius 2 is 2.16 bits per heavy atom. The van der Waals surface area contributed by atoms with E-state index in [2.05, 4.69) is 15.4 Å². The van der Waals surface area contributed by atoms with Crippen molar-refractivity contribution < 1.29 is 4.79 Å². The normalized spacial score (nSPS) is 13.3. The van der Waals surface area contributed by atoms with Crippen molar-refractivity contribution in [1.82, 2.24) is 14.6 Å². The van der Waals surface area contributed by atoms with Crippen molar-refractivity contribution in [3.63, 3.8) is 0 Å². The lowest BCUT2D eigenvalue weighted by Gasteiger charge is -2.10. The van der Waals surface area contributed by atoms with Crippen LogP contribution in [0.5, 0.6) is 0 Å². The fourth-order valence-corrected chi connectivity index (χ4v) is 4.78. The molecule has 0 aromatic carbocycles. The summed E-state index contributed by atoms with van der Waals surface area (Å²) in [4.78, 5) is 35.5. The van der Waals surface area contributed by atoms with Crippen LogP contribution >= 0.6 is 35.1 Å². The fourth-order valence-electron chi connectivity index (χ4n) is 2.90. The first kappa shape index (κ1) is 18.0. The van der Waals surface area contributed by atoms with Crippen LogP contribution in [-0.2, 0) is 19.4 Å². The summed E-state index contributed by atoms with van der Waals surface area (Å²) in [6, 6.07) is 0. The van der Waals surface area contributed by atoms with Crippen molar-refractivity contribution in [3.8, 4) is 0 Å². The zero-order valence-corrected chi connectivity index (χ0v) is 15.6. The predicted molar refractivity (Wildman–Crippen MR) is 101 cm³/mol. The van der Waals surface area contributed by atoms with Crippen LogP contribution in [0.4, 0.5) is 0 Å². The molecule has 7 nitrogen and oxygen atoms in total. The average Bonchev–Trinajstić information content (AvgIpc) is 3.21. The highest BCUT2D eigenvalue weighted by molar-refractivity contribution is 7.18. The van der Waals surface area contributed by atoms with E-state index in [4.69, 9.17) is 5.73 Å². The van der Waals surface area contributed by atoms with Gasteiger partial charge in [-0.25, -0.2) is 14.6 Å². The van der Waals surface area contributed by atoms with Crippen molar-refractivity contribution >= 4 is 51.2 Å². The van der Waals surface area contributed by atoms with Gasteiger partial charge in [-0.3, -0.25) is 15.0 Å². The van der Waals surface area contributed by atoms with E-state index in [1.54, 1.807) is 16.7 Å². The lowest BCUT2D eigenvalue weighted by atomic mass is 9.97. The summed E-state index contributed by atoms with van der Waals surface area (Å²) in [5.41, 5.74) is 9.18. The van der Waals surface area contributed by atoms with Crippen molar-refractivity contribution in [3.05, 3.63) is 43.2 Å². The number of carbonyl (C=O) groups is 1. The molecule has 25 heavy (non-hydrogen) atoms. The molecule has 0 spiro atoms. The molecule has 0 radical (unpaired) electrons. The molecule has 0 saturated heterocycles. The molecule has 0 atom stereocenters. The van der Waals surface area contributed by atoms with E-state index in [9.17, 15) is 9.59 Å². The van der Waals surface area contributed by atoms with E-state index >= 15 is 0 Å². The minimum absolute atomic E-state index is 0. The second kappa shape index (κ2) is 7.20. The van der Waals surface area contributed by atoms with E-state index in [0.717, 1.165) is 40.8 Å². The van der Waals surface area contributed by atoms with Gasteiger partial charge in [0.25, 0.3) is 11.5 Å². The molecule has 1 amide bonds. The Morgan fingerprint density at radius 3 is 2.92 bits per heavy atom. The molecular formula is C15H16ClN5O2S2. The summed E-state index contributed by atoms with van der Waals surface area (Å²) < 4.78 is 1.15. The van der Waals surface area contributed by atoms with Crippen LogP contribution in [0.25, 0.3) is 10.2 Å². The van der Waals surface area contributed by atoms with Gasteiger partial charge in [0, 0.05) is 16.8 Å². The van der Waals surface area contributed by atoms with Gasteiger partial charge in [-0.2, -0.15) is 0 Å². The third-order valence-corrected chi connectivity index (χ3v) is 6.13. The number of aromatic nitrogens is 3. The topological polar surface area (TPSA) is 103 Å². The van der Waals surface area contributed by atoms with E-state index < -0.39 is 5.91 Å². The maximum absolute atomic E-state index is 12.8. The van der Waals surface area contributed by atoms with Gasteiger partial charge < -0.3 is 5.73 Å². The largest absolute Gasteiger partial charge is 0.325 e. The smallest absolute Gasteiger partial charge is 0.289 e. The molecule has 3 N–H and O–H groups in total. The predicted octanol–water partition coefficient (Wildman–Crippen LogP) is 2.06. The lowest BCUT2D eigenvalue weighted by Crippen LogP contribution is -2.33. The Kier molecular flexibility index (Phi) is 5.19. The first-order chi connectivity index (χ1) is 11.7. The summed E-state index contributed by atoms with van der Waals surface area (Å²) in [5.74, 6) is -0.446. The molecule has 3 heterocycles. The summed E-state index contributed by atoms with van der Waals surface area (Å²) in [6.45, 7) is 0.284. The third kappa shape index (κ3) is 3.20. The maximum atomic E-state index is 12.8. The fraction of sp³-hybridized carbons (Fsp3) is 0.333. The molecule has 3 aromatic rings. The average molecular weight is 398 g/mol. The van der Waals surface area contributed by atoms with Crippen LogP contribution < -0.4 is 16.7 Å². The monoisotopic (exact) mass is 397 g/mol. The summed E-state index contributed by atoms with van der Waals surface area (Å²) in [5, 5.41) is 2.94. The number of nitrogens with zero attached hydrogens (tertiary/aromatic N) is 3. The molecule has 0 unspecified atom stereocenters. The highest BCUT2D eigenvalue weighted by Crippen LogP contribution is 2.33. The van der Waals surface area contributed by atoms with Crippen LogP contribution in [0.3, 0.4) is 0 Å². The first-order valence-corrected chi connectivity index (χ1v) is 9.34. The van der Waals surface area contributed by atoms with Crippen LogP contribution in [0, 0.1) is 0 Å². The zero-order valence-electron chi connectivity index (χ0n) is 13.2. The SMILES string of the molecule is Cl.NCc1nc(C(=O)Nn2cnc3sc4c(c3c2=O)CCCC4)cs1. The van der Waals surface area contributed by atoms with Gasteiger partial charge in [0.2, 0.25) is 0 Å². The number of thiophene rings is 1. The van der Waals surface area contributed by atoms with Crippen molar-refractivity contribution in [1.29, 1.82) is 0 Å². The molecule has 132 valence electrons. The minimum atomic E-state index is -0.446. The van der Waals surface area contributed by atoms with E-state index in [-0.39, 0.29) is 30.2 Å².